The smallest absolute Gasteiger partial charge is 0.228 e. The Labute approximate surface area is 147 Å². The van der Waals surface area contributed by atoms with Crippen LogP contribution in [0.4, 0.5) is 0 Å². The maximum absolute atomic E-state index is 12.5. The van der Waals surface area contributed by atoms with Gasteiger partial charge < -0.3 is 9.80 Å². The number of hydrogen-bond acceptors (Lipinski definition) is 5. The van der Waals surface area contributed by atoms with E-state index in [0.717, 1.165) is 36.0 Å². The zero-order valence-corrected chi connectivity index (χ0v) is 15.1. The fourth-order valence-electron chi connectivity index (χ4n) is 2.32. The lowest BCUT2D eigenvalue weighted by Gasteiger charge is -2.23. The number of hydrogen-bond donors (Lipinski definition) is 0. The molecule has 0 aliphatic carbocycles. The van der Waals surface area contributed by atoms with Gasteiger partial charge in [0, 0.05) is 37.8 Å². The Morgan fingerprint density at radius 1 is 1.38 bits per heavy atom. The van der Waals surface area contributed by atoms with Crippen LogP contribution in [0.3, 0.4) is 0 Å². The zero-order valence-electron chi connectivity index (χ0n) is 14.3. The summed E-state index contributed by atoms with van der Waals surface area (Å²) in [5.74, 6) is 0.113. The number of carbonyl (C=O) groups excluding carboxylic acids is 1. The molecular weight excluding hydrogens is 320 g/mol. The Kier molecular flexibility index (Phi) is 7.08. The van der Waals surface area contributed by atoms with Gasteiger partial charge >= 0.3 is 0 Å². The topological polar surface area (TPSA) is 49.3 Å². The fourth-order valence-corrected chi connectivity index (χ4v) is 3.12. The van der Waals surface area contributed by atoms with Gasteiger partial charge in [-0.25, -0.2) is 4.98 Å². The second-order valence-corrected chi connectivity index (χ2v) is 6.42. The normalized spacial score (nSPS) is 10.8. The van der Waals surface area contributed by atoms with Gasteiger partial charge in [0.1, 0.15) is 5.01 Å². The van der Waals surface area contributed by atoms with Gasteiger partial charge in [0.25, 0.3) is 0 Å². The number of likely N-dealkylation sites (N-methyl/N-ethyl adjacent to an activating group) is 2. The van der Waals surface area contributed by atoms with E-state index in [9.17, 15) is 4.79 Å². The first-order chi connectivity index (χ1) is 11.6. The molecule has 1 amide bonds. The van der Waals surface area contributed by atoms with E-state index in [2.05, 4.69) is 21.4 Å². The van der Waals surface area contributed by atoms with E-state index in [0.29, 0.717) is 13.0 Å². The molecule has 2 aromatic rings. The van der Waals surface area contributed by atoms with E-state index in [-0.39, 0.29) is 5.91 Å². The van der Waals surface area contributed by atoms with E-state index in [1.165, 1.54) is 11.3 Å². The highest BCUT2D eigenvalue weighted by Gasteiger charge is 2.15. The highest BCUT2D eigenvalue weighted by molar-refractivity contribution is 7.13. The average Bonchev–Trinajstić information content (AvgIpc) is 3.05. The summed E-state index contributed by atoms with van der Waals surface area (Å²) < 4.78 is 0. The predicted molar refractivity (Wildman–Crippen MR) is 99.0 cm³/mol. The van der Waals surface area contributed by atoms with Crippen molar-refractivity contribution in [2.45, 2.75) is 13.3 Å². The molecule has 6 heteroatoms. The van der Waals surface area contributed by atoms with Crippen molar-refractivity contribution in [3.05, 3.63) is 48.1 Å². The Morgan fingerprint density at radius 3 is 2.88 bits per heavy atom. The quantitative estimate of drug-likeness (QED) is 0.656. The summed E-state index contributed by atoms with van der Waals surface area (Å²) in [6.45, 7) is 8.82. The van der Waals surface area contributed by atoms with Crippen LogP contribution in [0.1, 0.15) is 12.6 Å². The third-order valence-corrected chi connectivity index (χ3v) is 4.61. The second kappa shape index (κ2) is 9.30. The lowest BCUT2D eigenvalue weighted by molar-refractivity contribution is -0.130. The molecule has 0 N–H and O–H groups in total. The molecule has 2 rings (SSSR count). The largest absolute Gasteiger partial charge is 0.341 e. The van der Waals surface area contributed by atoms with Crippen LogP contribution in [0, 0.1) is 0 Å². The van der Waals surface area contributed by atoms with Gasteiger partial charge in [0.15, 0.2) is 0 Å². The molecule has 128 valence electrons. The minimum Gasteiger partial charge on any atom is -0.341 e. The van der Waals surface area contributed by atoms with Crippen LogP contribution < -0.4 is 0 Å². The van der Waals surface area contributed by atoms with Crippen molar-refractivity contribution in [3.63, 3.8) is 0 Å². The van der Waals surface area contributed by atoms with Crippen LogP contribution in [0.15, 0.2) is 42.4 Å². The van der Waals surface area contributed by atoms with Gasteiger partial charge in [-0.05, 0) is 26.1 Å². The zero-order chi connectivity index (χ0) is 17.4. The molecule has 0 aliphatic heterocycles. The van der Waals surface area contributed by atoms with Gasteiger partial charge in [0.05, 0.1) is 17.8 Å². The molecule has 2 aromatic heterocycles. The maximum Gasteiger partial charge on any atom is 0.228 e. The highest BCUT2D eigenvalue weighted by atomic mass is 32.1. The number of pyridine rings is 1. The standard InChI is InChI=1S/C18H24N4OS/c1-4-10-21(3)11-12-22(5-2)17(23)13-15-14-24-18(20-15)16-8-6-7-9-19-16/h4,6-9,14H,1,5,10-13H2,2-3H3. The Balaban J connectivity index is 1.93. The third kappa shape index (κ3) is 5.25. The molecule has 0 fully saturated rings. The SMILES string of the molecule is C=CCN(C)CCN(CC)C(=O)Cc1csc(-c2ccccn2)n1. The summed E-state index contributed by atoms with van der Waals surface area (Å²) in [7, 11) is 2.03. The molecule has 0 aliphatic rings. The number of aromatic nitrogens is 2. The van der Waals surface area contributed by atoms with Gasteiger partial charge in [0.2, 0.25) is 5.91 Å². The van der Waals surface area contributed by atoms with Crippen molar-refractivity contribution in [1.29, 1.82) is 0 Å². The summed E-state index contributed by atoms with van der Waals surface area (Å²) in [5, 5.41) is 2.80. The Morgan fingerprint density at radius 2 is 2.21 bits per heavy atom. The minimum absolute atomic E-state index is 0.113. The number of carbonyl (C=O) groups is 1. The maximum atomic E-state index is 12.5. The van der Waals surface area contributed by atoms with Crippen molar-refractivity contribution < 1.29 is 4.79 Å². The third-order valence-electron chi connectivity index (χ3n) is 3.69. The van der Waals surface area contributed by atoms with Crippen molar-refractivity contribution in [2.24, 2.45) is 0 Å². The average molecular weight is 344 g/mol. The molecule has 24 heavy (non-hydrogen) atoms. The van der Waals surface area contributed by atoms with E-state index in [4.69, 9.17) is 0 Å². The highest BCUT2D eigenvalue weighted by Crippen LogP contribution is 2.21. The second-order valence-electron chi connectivity index (χ2n) is 5.56. The first-order valence-electron chi connectivity index (χ1n) is 8.07. The first kappa shape index (κ1) is 18.3. The number of nitrogens with zero attached hydrogens (tertiary/aromatic N) is 4. The summed E-state index contributed by atoms with van der Waals surface area (Å²) >= 11 is 1.53. The Hall–Kier alpha value is -2.05. The number of rotatable bonds is 9. The summed E-state index contributed by atoms with van der Waals surface area (Å²) in [6, 6.07) is 5.75. The van der Waals surface area contributed by atoms with Gasteiger partial charge in [-0.3, -0.25) is 9.78 Å². The molecular formula is C18H24N4OS. The minimum atomic E-state index is 0.113. The van der Waals surface area contributed by atoms with Gasteiger partial charge in [-0.1, -0.05) is 12.1 Å². The van der Waals surface area contributed by atoms with Crippen molar-refractivity contribution in [3.8, 4) is 10.7 Å². The number of thiazole rings is 1. The molecule has 5 nitrogen and oxygen atoms in total. The Bertz CT molecular complexity index is 656. The molecule has 0 bridgehead atoms. The molecule has 0 unspecified atom stereocenters. The van der Waals surface area contributed by atoms with Crippen molar-refractivity contribution >= 4 is 17.2 Å². The molecule has 2 heterocycles. The lowest BCUT2D eigenvalue weighted by Crippen LogP contribution is -2.38. The van der Waals surface area contributed by atoms with Crippen molar-refractivity contribution in [1.82, 2.24) is 19.8 Å². The molecule has 0 spiro atoms. The van der Waals surface area contributed by atoms with Crippen LogP contribution in [-0.4, -0.2) is 58.9 Å². The van der Waals surface area contributed by atoms with Gasteiger partial charge in [-0.15, -0.1) is 17.9 Å². The van der Waals surface area contributed by atoms with Crippen LogP contribution in [0.25, 0.3) is 10.7 Å². The monoisotopic (exact) mass is 344 g/mol. The summed E-state index contributed by atoms with van der Waals surface area (Å²) in [4.78, 5) is 25.4. The van der Waals surface area contributed by atoms with Crippen LogP contribution in [-0.2, 0) is 11.2 Å². The van der Waals surface area contributed by atoms with E-state index < -0.39 is 0 Å². The fraction of sp³-hybridized carbons (Fsp3) is 0.389. The van der Waals surface area contributed by atoms with Crippen LogP contribution >= 0.6 is 11.3 Å². The van der Waals surface area contributed by atoms with E-state index in [1.807, 2.05) is 48.5 Å². The van der Waals surface area contributed by atoms with E-state index >= 15 is 0 Å². The molecule has 0 saturated carbocycles. The molecule has 0 aromatic carbocycles. The first-order valence-corrected chi connectivity index (χ1v) is 8.95. The molecule has 0 radical (unpaired) electrons. The summed E-state index contributed by atoms with van der Waals surface area (Å²) in [5.41, 5.74) is 1.66. The lowest BCUT2D eigenvalue weighted by atomic mass is 10.3. The molecule has 0 saturated heterocycles. The predicted octanol–water partition coefficient (Wildman–Crippen LogP) is 2.71. The number of amides is 1. The van der Waals surface area contributed by atoms with Crippen molar-refractivity contribution in [2.75, 3.05) is 33.2 Å². The van der Waals surface area contributed by atoms with Crippen LogP contribution in [0.2, 0.25) is 0 Å². The van der Waals surface area contributed by atoms with Gasteiger partial charge in [-0.2, -0.15) is 0 Å². The summed E-state index contributed by atoms with van der Waals surface area (Å²) in [6.07, 6.45) is 3.95. The van der Waals surface area contributed by atoms with Crippen LogP contribution in [0.5, 0.6) is 0 Å². The molecule has 0 atom stereocenters. The van der Waals surface area contributed by atoms with E-state index in [1.54, 1.807) is 6.20 Å².